The maximum atomic E-state index is 12.5. The predicted molar refractivity (Wildman–Crippen MR) is 117 cm³/mol. The number of hydrogen-bond acceptors (Lipinski definition) is 6. The summed E-state index contributed by atoms with van der Waals surface area (Å²) < 4.78 is 11.1. The van der Waals surface area contributed by atoms with Gasteiger partial charge in [-0.15, -0.1) is 11.3 Å². The molecule has 0 aliphatic heterocycles. The van der Waals surface area contributed by atoms with Crippen LogP contribution >= 0.6 is 11.3 Å². The van der Waals surface area contributed by atoms with E-state index in [2.05, 4.69) is 10.3 Å². The molecule has 2 aromatic carbocycles. The van der Waals surface area contributed by atoms with Gasteiger partial charge in [-0.1, -0.05) is 18.2 Å². The van der Waals surface area contributed by atoms with E-state index < -0.39 is 12.1 Å². The maximum absolute atomic E-state index is 12.5. The standard InChI is InChI=1S/C23H24N2O4S/c1-14-8-9-15(2)21(10-14)25-22(26)16(3)29-23(27)18-6-5-7-20(11-18)28-12-19-13-30-17(4)24-19/h5-11,13,16H,12H2,1-4H3,(H,25,26). The Labute approximate surface area is 179 Å². The minimum Gasteiger partial charge on any atom is -0.487 e. The zero-order valence-corrected chi connectivity index (χ0v) is 18.2. The summed E-state index contributed by atoms with van der Waals surface area (Å²) in [6.07, 6.45) is -0.944. The number of nitrogens with zero attached hydrogens (tertiary/aromatic N) is 1. The molecule has 30 heavy (non-hydrogen) atoms. The Morgan fingerprint density at radius 1 is 1.13 bits per heavy atom. The van der Waals surface area contributed by atoms with Gasteiger partial charge in [0.25, 0.3) is 5.91 Å². The van der Waals surface area contributed by atoms with Gasteiger partial charge in [-0.2, -0.15) is 0 Å². The molecule has 0 fully saturated rings. The Balaban J connectivity index is 1.59. The second kappa shape index (κ2) is 9.54. The number of thiazole rings is 1. The molecule has 0 aliphatic carbocycles. The molecule has 1 N–H and O–H groups in total. The molecule has 0 radical (unpaired) electrons. The third kappa shape index (κ3) is 5.67. The Morgan fingerprint density at radius 3 is 2.67 bits per heavy atom. The Hall–Kier alpha value is -3.19. The smallest absolute Gasteiger partial charge is 0.339 e. The molecular formula is C23H24N2O4S. The molecule has 1 atom stereocenters. The molecule has 0 saturated heterocycles. The monoisotopic (exact) mass is 424 g/mol. The number of ether oxygens (including phenoxy) is 2. The average Bonchev–Trinajstić information content (AvgIpc) is 3.14. The second-order valence-electron chi connectivity index (χ2n) is 7.03. The van der Waals surface area contributed by atoms with Crippen LogP contribution < -0.4 is 10.1 Å². The fraction of sp³-hybridized carbons (Fsp3) is 0.261. The van der Waals surface area contributed by atoms with Gasteiger partial charge >= 0.3 is 5.97 Å². The fourth-order valence-electron chi connectivity index (χ4n) is 2.73. The molecule has 156 valence electrons. The van der Waals surface area contributed by atoms with Crippen molar-refractivity contribution in [3.05, 3.63) is 75.2 Å². The van der Waals surface area contributed by atoms with Crippen molar-refractivity contribution in [2.45, 2.75) is 40.4 Å². The maximum Gasteiger partial charge on any atom is 0.339 e. The van der Waals surface area contributed by atoms with Gasteiger partial charge in [-0.05, 0) is 63.1 Å². The van der Waals surface area contributed by atoms with E-state index in [1.807, 2.05) is 44.4 Å². The Morgan fingerprint density at radius 2 is 1.93 bits per heavy atom. The summed E-state index contributed by atoms with van der Waals surface area (Å²) in [6, 6.07) is 12.5. The fourth-order valence-corrected chi connectivity index (χ4v) is 3.33. The third-order valence-electron chi connectivity index (χ3n) is 4.43. The van der Waals surface area contributed by atoms with Crippen molar-refractivity contribution in [3.8, 4) is 5.75 Å². The Bertz CT molecular complexity index is 1060. The van der Waals surface area contributed by atoms with E-state index in [0.29, 0.717) is 23.6 Å². The summed E-state index contributed by atoms with van der Waals surface area (Å²) in [5.41, 5.74) is 3.82. The molecule has 0 aliphatic rings. The number of anilines is 1. The molecule has 1 aromatic heterocycles. The summed E-state index contributed by atoms with van der Waals surface area (Å²) in [5.74, 6) is -0.445. The highest BCUT2D eigenvalue weighted by molar-refractivity contribution is 7.09. The molecular weight excluding hydrogens is 400 g/mol. The lowest BCUT2D eigenvalue weighted by atomic mass is 10.1. The van der Waals surface area contributed by atoms with E-state index in [0.717, 1.165) is 21.8 Å². The van der Waals surface area contributed by atoms with Crippen LogP contribution in [0.3, 0.4) is 0 Å². The molecule has 3 rings (SSSR count). The quantitative estimate of drug-likeness (QED) is 0.550. The minimum absolute atomic E-state index is 0.313. The van der Waals surface area contributed by atoms with Crippen molar-refractivity contribution < 1.29 is 19.1 Å². The first-order valence-corrected chi connectivity index (χ1v) is 10.4. The number of carbonyl (C=O) groups excluding carboxylic acids is 2. The van der Waals surface area contributed by atoms with Crippen LogP contribution in [0.25, 0.3) is 0 Å². The van der Waals surface area contributed by atoms with Crippen LogP contribution in [-0.2, 0) is 16.1 Å². The lowest BCUT2D eigenvalue weighted by Gasteiger charge is -2.15. The van der Waals surface area contributed by atoms with Gasteiger partial charge in [0.2, 0.25) is 0 Å². The topological polar surface area (TPSA) is 77.5 Å². The van der Waals surface area contributed by atoms with Gasteiger partial charge < -0.3 is 14.8 Å². The summed E-state index contributed by atoms with van der Waals surface area (Å²) in [7, 11) is 0. The zero-order chi connectivity index (χ0) is 21.7. The van der Waals surface area contributed by atoms with Crippen LogP contribution in [0.2, 0.25) is 0 Å². The zero-order valence-electron chi connectivity index (χ0n) is 17.4. The van der Waals surface area contributed by atoms with E-state index in [1.54, 1.807) is 42.5 Å². The molecule has 1 heterocycles. The van der Waals surface area contributed by atoms with E-state index in [9.17, 15) is 9.59 Å². The number of hydrogen-bond donors (Lipinski definition) is 1. The first kappa shape index (κ1) is 21.5. The van der Waals surface area contributed by atoms with Crippen LogP contribution in [-0.4, -0.2) is 23.0 Å². The summed E-state index contributed by atoms with van der Waals surface area (Å²) in [4.78, 5) is 29.3. The molecule has 1 amide bonds. The lowest BCUT2D eigenvalue weighted by molar-refractivity contribution is -0.123. The highest BCUT2D eigenvalue weighted by atomic mass is 32.1. The van der Waals surface area contributed by atoms with Crippen LogP contribution in [0.4, 0.5) is 5.69 Å². The Kier molecular flexibility index (Phi) is 6.84. The predicted octanol–water partition coefficient (Wildman–Crippen LogP) is 4.83. The first-order chi connectivity index (χ1) is 14.3. The van der Waals surface area contributed by atoms with Crippen LogP contribution in [0.5, 0.6) is 5.75 Å². The molecule has 0 spiro atoms. The summed E-state index contributed by atoms with van der Waals surface area (Å²) >= 11 is 1.56. The molecule has 6 nitrogen and oxygen atoms in total. The van der Waals surface area contributed by atoms with Gasteiger partial charge in [0.1, 0.15) is 12.4 Å². The van der Waals surface area contributed by atoms with Gasteiger partial charge in [-0.25, -0.2) is 9.78 Å². The van der Waals surface area contributed by atoms with Crippen molar-refractivity contribution in [1.82, 2.24) is 4.98 Å². The molecule has 0 saturated carbocycles. The summed E-state index contributed by atoms with van der Waals surface area (Å²) in [5, 5.41) is 5.72. The van der Waals surface area contributed by atoms with Crippen molar-refractivity contribution >= 4 is 28.9 Å². The van der Waals surface area contributed by atoms with Crippen molar-refractivity contribution in [1.29, 1.82) is 0 Å². The number of aryl methyl sites for hydroxylation is 3. The number of nitrogens with one attached hydrogen (secondary N) is 1. The molecule has 1 unspecified atom stereocenters. The van der Waals surface area contributed by atoms with Crippen LogP contribution in [0, 0.1) is 20.8 Å². The first-order valence-electron chi connectivity index (χ1n) is 9.55. The highest BCUT2D eigenvalue weighted by Gasteiger charge is 2.20. The van der Waals surface area contributed by atoms with E-state index >= 15 is 0 Å². The number of benzene rings is 2. The minimum atomic E-state index is -0.944. The highest BCUT2D eigenvalue weighted by Crippen LogP contribution is 2.19. The molecule has 3 aromatic rings. The van der Waals surface area contributed by atoms with E-state index in [1.165, 1.54) is 0 Å². The largest absolute Gasteiger partial charge is 0.487 e. The van der Waals surface area contributed by atoms with Crippen molar-refractivity contribution in [3.63, 3.8) is 0 Å². The van der Waals surface area contributed by atoms with Gasteiger partial charge in [0, 0.05) is 11.1 Å². The SMILES string of the molecule is Cc1ccc(C)c(NC(=O)C(C)OC(=O)c2cccc(OCc3csc(C)n3)c2)c1. The van der Waals surface area contributed by atoms with Gasteiger partial charge in [0.15, 0.2) is 6.10 Å². The normalized spacial score (nSPS) is 11.6. The van der Waals surface area contributed by atoms with Gasteiger partial charge in [0.05, 0.1) is 16.3 Å². The lowest BCUT2D eigenvalue weighted by Crippen LogP contribution is -2.30. The molecule has 0 bridgehead atoms. The average molecular weight is 425 g/mol. The van der Waals surface area contributed by atoms with Crippen LogP contribution in [0.1, 0.15) is 39.1 Å². The van der Waals surface area contributed by atoms with E-state index in [-0.39, 0.29) is 5.91 Å². The van der Waals surface area contributed by atoms with Crippen LogP contribution in [0.15, 0.2) is 47.8 Å². The molecule has 7 heteroatoms. The number of carbonyl (C=O) groups is 2. The second-order valence-corrected chi connectivity index (χ2v) is 8.09. The number of amides is 1. The van der Waals surface area contributed by atoms with E-state index in [4.69, 9.17) is 9.47 Å². The number of rotatable bonds is 7. The third-order valence-corrected chi connectivity index (χ3v) is 5.25. The number of aromatic nitrogens is 1. The van der Waals surface area contributed by atoms with Crippen molar-refractivity contribution in [2.24, 2.45) is 0 Å². The number of esters is 1. The van der Waals surface area contributed by atoms with Gasteiger partial charge in [-0.3, -0.25) is 4.79 Å². The summed E-state index contributed by atoms with van der Waals surface area (Å²) in [6.45, 7) is 7.65. The van der Waals surface area contributed by atoms with Crippen molar-refractivity contribution in [2.75, 3.05) is 5.32 Å².